The highest BCUT2D eigenvalue weighted by atomic mass is 28.2. The first-order valence-corrected chi connectivity index (χ1v) is 19.6. The van der Waals surface area contributed by atoms with E-state index in [0.29, 0.717) is 11.8 Å². The third-order valence-electron chi connectivity index (χ3n) is 9.79. The molecule has 2 heterocycles. The molecule has 0 saturated carbocycles. The molecule has 212 valence electrons. The molecular formula is C33H60O2Si2. The van der Waals surface area contributed by atoms with Gasteiger partial charge in [-0.2, -0.15) is 0 Å². The molecule has 2 fully saturated rings. The molecule has 0 spiro atoms. The molecule has 3 rings (SSSR count). The predicted molar refractivity (Wildman–Crippen MR) is 168 cm³/mol. The average molecular weight is 545 g/mol. The van der Waals surface area contributed by atoms with Crippen molar-refractivity contribution >= 4 is 19.8 Å². The zero-order valence-electron chi connectivity index (χ0n) is 24.9. The van der Waals surface area contributed by atoms with E-state index < -0.39 is 0 Å². The van der Waals surface area contributed by atoms with Crippen LogP contribution < -0.4 is 0 Å². The number of unbranched alkanes of at least 4 members (excludes halogenated alkanes) is 10. The SMILES string of the molecule is CCCCCCCCCCCCCC(C(CC1([SiH2]C)CCCCO1)c1ccccc1)C1([SiH3])CCCCO1. The Kier molecular flexibility index (Phi) is 14.5. The first-order chi connectivity index (χ1) is 18.1. The molecule has 4 atom stereocenters. The van der Waals surface area contributed by atoms with E-state index in [1.807, 2.05) is 0 Å². The summed E-state index contributed by atoms with van der Waals surface area (Å²) in [5.74, 6) is 1.22. The molecule has 1 aromatic carbocycles. The van der Waals surface area contributed by atoms with E-state index >= 15 is 0 Å². The van der Waals surface area contributed by atoms with Gasteiger partial charge in [-0.25, -0.2) is 0 Å². The fourth-order valence-corrected chi connectivity index (χ4v) is 10.1. The molecule has 0 radical (unpaired) electrons. The molecule has 2 aliphatic heterocycles. The van der Waals surface area contributed by atoms with E-state index in [-0.39, 0.29) is 20.0 Å². The van der Waals surface area contributed by atoms with Gasteiger partial charge >= 0.3 is 0 Å². The van der Waals surface area contributed by atoms with Crippen molar-refractivity contribution in [1.82, 2.24) is 0 Å². The van der Waals surface area contributed by atoms with Crippen LogP contribution in [-0.4, -0.2) is 43.4 Å². The van der Waals surface area contributed by atoms with Gasteiger partial charge in [0.05, 0.1) is 20.0 Å². The number of hydrogen-bond acceptors (Lipinski definition) is 2. The van der Waals surface area contributed by atoms with Crippen LogP contribution >= 0.6 is 0 Å². The fourth-order valence-electron chi connectivity index (χ4n) is 7.30. The van der Waals surface area contributed by atoms with Crippen LogP contribution in [0.5, 0.6) is 0 Å². The molecule has 4 heteroatoms. The summed E-state index contributed by atoms with van der Waals surface area (Å²) in [7, 11) is 0.882. The van der Waals surface area contributed by atoms with Crippen LogP contribution in [0.2, 0.25) is 6.55 Å². The maximum atomic E-state index is 6.77. The molecule has 2 nitrogen and oxygen atoms in total. The number of benzene rings is 1. The Hall–Kier alpha value is -0.426. The van der Waals surface area contributed by atoms with Crippen LogP contribution in [0.1, 0.15) is 140 Å². The zero-order valence-corrected chi connectivity index (χ0v) is 28.3. The summed E-state index contributed by atoms with van der Waals surface area (Å²) in [6.07, 6.45) is 26.0. The molecule has 0 amide bonds. The van der Waals surface area contributed by atoms with Gasteiger partial charge in [0.2, 0.25) is 0 Å². The van der Waals surface area contributed by atoms with Gasteiger partial charge in [-0.1, -0.05) is 114 Å². The summed E-state index contributed by atoms with van der Waals surface area (Å²) in [6.45, 7) is 6.76. The van der Waals surface area contributed by atoms with Crippen molar-refractivity contribution in [3.63, 3.8) is 0 Å². The third kappa shape index (κ3) is 10.2. The van der Waals surface area contributed by atoms with Gasteiger partial charge in [-0.05, 0) is 68.8 Å². The highest BCUT2D eigenvalue weighted by Gasteiger charge is 2.44. The van der Waals surface area contributed by atoms with Gasteiger partial charge in [-0.15, -0.1) is 0 Å². The lowest BCUT2D eigenvalue weighted by Crippen LogP contribution is -2.50. The average Bonchev–Trinajstić information content (AvgIpc) is 2.94. The molecule has 0 bridgehead atoms. The van der Waals surface area contributed by atoms with Gasteiger partial charge in [-0.3, -0.25) is 0 Å². The second kappa shape index (κ2) is 17.3. The summed E-state index contributed by atoms with van der Waals surface area (Å²) >= 11 is 0. The van der Waals surface area contributed by atoms with E-state index in [9.17, 15) is 0 Å². The number of ether oxygens (including phenoxy) is 2. The van der Waals surface area contributed by atoms with Gasteiger partial charge in [0.25, 0.3) is 0 Å². The number of hydrogen-bond donors (Lipinski definition) is 0. The van der Waals surface area contributed by atoms with Crippen molar-refractivity contribution < 1.29 is 9.47 Å². The minimum absolute atomic E-state index is 0.141. The lowest BCUT2D eigenvalue weighted by Gasteiger charge is -2.48. The van der Waals surface area contributed by atoms with E-state index in [1.165, 1.54) is 122 Å². The molecule has 1 aromatic rings. The van der Waals surface area contributed by atoms with Crippen LogP contribution in [0.4, 0.5) is 0 Å². The van der Waals surface area contributed by atoms with E-state index in [0.717, 1.165) is 23.5 Å². The van der Waals surface area contributed by atoms with Crippen molar-refractivity contribution in [2.45, 2.75) is 152 Å². The van der Waals surface area contributed by atoms with Gasteiger partial charge in [0, 0.05) is 23.5 Å². The summed E-state index contributed by atoms with van der Waals surface area (Å²) in [4.78, 5) is 0. The molecule has 2 saturated heterocycles. The predicted octanol–water partition coefficient (Wildman–Crippen LogP) is 7.85. The summed E-state index contributed by atoms with van der Waals surface area (Å²) in [5.41, 5.74) is 1.55. The summed E-state index contributed by atoms with van der Waals surface area (Å²) < 4.78 is 13.4. The van der Waals surface area contributed by atoms with Crippen LogP contribution in [0.3, 0.4) is 0 Å². The second-order valence-electron chi connectivity index (χ2n) is 12.6. The molecule has 0 aromatic heterocycles. The maximum Gasteiger partial charge on any atom is 0.0564 e. The molecule has 2 aliphatic rings. The quantitative estimate of drug-likeness (QED) is 0.138. The Labute approximate surface area is 235 Å². The Morgan fingerprint density at radius 2 is 1.38 bits per heavy atom. The van der Waals surface area contributed by atoms with Crippen LogP contribution in [0.15, 0.2) is 30.3 Å². The fraction of sp³-hybridized carbons (Fsp3) is 0.818. The smallest absolute Gasteiger partial charge is 0.0564 e. The third-order valence-corrected chi connectivity index (χ3v) is 13.5. The van der Waals surface area contributed by atoms with Crippen molar-refractivity contribution in [2.24, 2.45) is 5.92 Å². The summed E-state index contributed by atoms with van der Waals surface area (Å²) in [5, 5.41) is 0.336. The molecular weight excluding hydrogens is 485 g/mol. The van der Waals surface area contributed by atoms with Gasteiger partial charge in [0.15, 0.2) is 0 Å². The van der Waals surface area contributed by atoms with Crippen LogP contribution in [-0.2, 0) is 9.47 Å². The normalized spacial score (nSPS) is 26.5. The molecule has 4 unspecified atom stereocenters. The van der Waals surface area contributed by atoms with Crippen LogP contribution in [0.25, 0.3) is 0 Å². The monoisotopic (exact) mass is 544 g/mol. The van der Waals surface area contributed by atoms with Crippen molar-refractivity contribution in [3.8, 4) is 0 Å². The Balaban J connectivity index is 1.63. The lowest BCUT2D eigenvalue weighted by molar-refractivity contribution is -0.0798. The van der Waals surface area contributed by atoms with Crippen molar-refractivity contribution in [1.29, 1.82) is 0 Å². The van der Waals surface area contributed by atoms with Crippen molar-refractivity contribution in [2.75, 3.05) is 13.2 Å². The van der Waals surface area contributed by atoms with Gasteiger partial charge in [0.1, 0.15) is 0 Å². The number of rotatable bonds is 18. The minimum atomic E-state index is -0.261. The second-order valence-corrected chi connectivity index (χ2v) is 16.3. The van der Waals surface area contributed by atoms with Crippen molar-refractivity contribution in [3.05, 3.63) is 35.9 Å². The van der Waals surface area contributed by atoms with E-state index in [1.54, 1.807) is 5.56 Å². The largest absolute Gasteiger partial charge is 0.379 e. The highest BCUT2D eigenvalue weighted by Crippen LogP contribution is 2.46. The van der Waals surface area contributed by atoms with E-state index in [2.05, 4.69) is 43.8 Å². The first-order valence-electron chi connectivity index (χ1n) is 16.5. The Bertz CT molecular complexity index is 698. The summed E-state index contributed by atoms with van der Waals surface area (Å²) in [6, 6.07) is 11.6. The molecule has 0 aliphatic carbocycles. The van der Waals surface area contributed by atoms with E-state index in [4.69, 9.17) is 9.47 Å². The Morgan fingerprint density at radius 3 is 1.92 bits per heavy atom. The first kappa shape index (κ1) is 31.1. The highest BCUT2D eigenvalue weighted by molar-refractivity contribution is 6.37. The topological polar surface area (TPSA) is 18.5 Å². The minimum Gasteiger partial charge on any atom is -0.379 e. The maximum absolute atomic E-state index is 6.77. The standard InChI is InChI=1S/C33H60O2Si2/c1-3-4-5-6-7-8-9-10-11-12-16-23-31(33(36)25-18-20-27-35-33)30(29-21-14-13-15-22-29)28-32(37-2)24-17-19-26-34-32/h13-15,21-22,30-31H,3-12,16-20,23-28,37H2,1-2,36H3. The van der Waals surface area contributed by atoms with Gasteiger partial charge < -0.3 is 9.47 Å². The Morgan fingerprint density at radius 1 is 0.784 bits per heavy atom. The zero-order chi connectivity index (χ0) is 26.2. The lowest BCUT2D eigenvalue weighted by atomic mass is 9.73. The van der Waals surface area contributed by atoms with Crippen LogP contribution in [0, 0.1) is 5.92 Å². The molecule has 37 heavy (non-hydrogen) atoms. The molecule has 0 N–H and O–H groups in total.